The first kappa shape index (κ1) is 13.1. The van der Waals surface area contributed by atoms with E-state index in [2.05, 4.69) is 31.3 Å². The van der Waals surface area contributed by atoms with Gasteiger partial charge in [-0.1, -0.05) is 54.6 Å². The number of hydrogen-bond donors (Lipinski definition) is 0. The summed E-state index contributed by atoms with van der Waals surface area (Å²) >= 11 is 0. The Labute approximate surface area is 120 Å². The molecule has 2 nitrogen and oxygen atoms in total. The molecule has 0 radical (unpaired) electrons. The molecule has 0 N–H and O–H groups in total. The second-order valence-corrected chi connectivity index (χ2v) is 5.97. The SMILES string of the molecule is C[N+]1(CC(=O)c2ccccc2)CCc2ccccc2C1. The van der Waals surface area contributed by atoms with Gasteiger partial charge < -0.3 is 4.48 Å². The Morgan fingerprint density at radius 3 is 2.40 bits per heavy atom. The van der Waals surface area contributed by atoms with E-state index < -0.39 is 0 Å². The largest absolute Gasteiger partial charge is 0.316 e. The van der Waals surface area contributed by atoms with E-state index in [9.17, 15) is 4.79 Å². The van der Waals surface area contributed by atoms with Crippen LogP contribution >= 0.6 is 0 Å². The lowest BCUT2D eigenvalue weighted by atomic mass is 9.97. The van der Waals surface area contributed by atoms with E-state index in [0.717, 1.165) is 29.6 Å². The zero-order valence-corrected chi connectivity index (χ0v) is 11.9. The third kappa shape index (κ3) is 2.66. The van der Waals surface area contributed by atoms with Crippen molar-refractivity contribution < 1.29 is 9.28 Å². The van der Waals surface area contributed by atoms with Crippen molar-refractivity contribution in [3.05, 3.63) is 71.3 Å². The highest BCUT2D eigenvalue weighted by Gasteiger charge is 2.30. The summed E-state index contributed by atoms with van der Waals surface area (Å²) in [5.41, 5.74) is 3.66. The molecular weight excluding hydrogens is 246 g/mol. The first-order valence-electron chi connectivity index (χ1n) is 7.15. The summed E-state index contributed by atoms with van der Waals surface area (Å²) in [7, 11) is 2.19. The van der Waals surface area contributed by atoms with Crippen LogP contribution in [0.15, 0.2) is 54.6 Å². The Hall–Kier alpha value is -1.93. The quantitative estimate of drug-likeness (QED) is 0.616. The molecule has 1 aliphatic rings. The van der Waals surface area contributed by atoms with E-state index in [-0.39, 0.29) is 5.78 Å². The molecule has 2 heteroatoms. The van der Waals surface area contributed by atoms with Crippen LogP contribution in [0.4, 0.5) is 0 Å². The molecule has 2 aromatic carbocycles. The van der Waals surface area contributed by atoms with Gasteiger partial charge in [0.1, 0.15) is 13.1 Å². The Morgan fingerprint density at radius 2 is 1.65 bits per heavy atom. The molecule has 2 aromatic rings. The molecule has 0 amide bonds. The van der Waals surface area contributed by atoms with Crippen molar-refractivity contribution in [3.8, 4) is 0 Å². The van der Waals surface area contributed by atoms with Crippen LogP contribution in [-0.2, 0) is 13.0 Å². The van der Waals surface area contributed by atoms with E-state index in [4.69, 9.17) is 0 Å². The number of carbonyl (C=O) groups excluding carboxylic acids is 1. The minimum absolute atomic E-state index is 0.243. The highest BCUT2D eigenvalue weighted by Crippen LogP contribution is 2.23. The van der Waals surface area contributed by atoms with Crippen LogP contribution in [0.25, 0.3) is 0 Å². The fourth-order valence-electron chi connectivity index (χ4n) is 3.03. The first-order valence-corrected chi connectivity index (χ1v) is 7.15. The third-order valence-corrected chi connectivity index (χ3v) is 4.21. The van der Waals surface area contributed by atoms with Gasteiger partial charge in [0.25, 0.3) is 0 Å². The average molecular weight is 266 g/mol. The number of ketones is 1. The van der Waals surface area contributed by atoms with Gasteiger partial charge in [0.05, 0.1) is 13.6 Å². The van der Waals surface area contributed by atoms with Crippen molar-refractivity contribution in [1.82, 2.24) is 0 Å². The number of nitrogens with zero attached hydrogens (tertiary/aromatic N) is 1. The Balaban J connectivity index is 1.77. The van der Waals surface area contributed by atoms with Crippen LogP contribution in [0.5, 0.6) is 0 Å². The summed E-state index contributed by atoms with van der Waals surface area (Å²) < 4.78 is 0.810. The van der Waals surface area contributed by atoms with Crippen molar-refractivity contribution >= 4 is 5.78 Å². The molecule has 1 unspecified atom stereocenters. The van der Waals surface area contributed by atoms with Crippen LogP contribution in [0.3, 0.4) is 0 Å². The first-order chi connectivity index (χ1) is 9.66. The summed E-state index contributed by atoms with van der Waals surface area (Å²) in [6.45, 7) is 2.57. The highest BCUT2D eigenvalue weighted by atomic mass is 16.1. The fraction of sp³-hybridized carbons (Fsp3) is 0.278. The topological polar surface area (TPSA) is 17.1 Å². The fourth-order valence-corrected chi connectivity index (χ4v) is 3.03. The predicted molar refractivity (Wildman–Crippen MR) is 80.5 cm³/mol. The molecule has 0 bridgehead atoms. The van der Waals surface area contributed by atoms with Crippen LogP contribution in [0.2, 0.25) is 0 Å². The van der Waals surface area contributed by atoms with Gasteiger partial charge in [-0.05, 0) is 5.56 Å². The zero-order valence-electron chi connectivity index (χ0n) is 11.9. The van der Waals surface area contributed by atoms with Crippen LogP contribution < -0.4 is 0 Å². The van der Waals surface area contributed by atoms with Crippen molar-refractivity contribution in [2.45, 2.75) is 13.0 Å². The molecule has 20 heavy (non-hydrogen) atoms. The molecule has 0 saturated heterocycles. The molecule has 1 aliphatic heterocycles. The van der Waals surface area contributed by atoms with E-state index in [1.807, 2.05) is 30.3 Å². The molecule has 1 heterocycles. The predicted octanol–water partition coefficient (Wildman–Crippen LogP) is 3.07. The van der Waals surface area contributed by atoms with Gasteiger partial charge in [0, 0.05) is 17.5 Å². The molecule has 3 rings (SSSR count). The third-order valence-electron chi connectivity index (χ3n) is 4.21. The minimum Gasteiger partial charge on any atom is -0.316 e. The van der Waals surface area contributed by atoms with Crippen molar-refractivity contribution in [2.75, 3.05) is 20.1 Å². The second kappa shape index (κ2) is 5.22. The lowest BCUT2D eigenvalue weighted by Gasteiger charge is -2.38. The Kier molecular flexibility index (Phi) is 3.41. The number of hydrogen-bond acceptors (Lipinski definition) is 1. The molecule has 1 atom stereocenters. The summed E-state index contributed by atoms with van der Waals surface area (Å²) in [4.78, 5) is 12.4. The number of benzene rings is 2. The maximum Gasteiger partial charge on any atom is 0.216 e. The smallest absolute Gasteiger partial charge is 0.216 e. The molecule has 0 aliphatic carbocycles. The van der Waals surface area contributed by atoms with Gasteiger partial charge in [-0.2, -0.15) is 0 Å². The number of fused-ring (bicyclic) bond motifs is 1. The highest BCUT2D eigenvalue weighted by molar-refractivity contribution is 5.96. The Morgan fingerprint density at radius 1 is 1.00 bits per heavy atom. The van der Waals surface area contributed by atoms with Crippen molar-refractivity contribution in [1.29, 1.82) is 0 Å². The number of Topliss-reactive ketones (excluding diaryl/α,β-unsaturated/α-hetero) is 1. The van der Waals surface area contributed by atoms with Crippen molar-refractivity contribution in [3.63, 3.8) is 0 Å². The van der Waals surface area contributed by atoms with Gasteiger partial charge in [-0.3, -0.25) is 4.79 Å². The molecule has 0 aromatic heterocycles. The van der Waals surface area contributed by atoms with Gasteiger partial charge in [0.2, 0.25) is 5.78 Å². The number of quaternary nitrogens is 1. The van der Waals surface area contributed by atoms with Crippen molar-refractivity contribution in [2.24, 2.45) is 0 Å². The standard InChI is InChI=1S/C18H20NO/c1-19(14-18(20)16-8-3-2-4-9-16)12-11-15-7-5-6-10-17(15)13-19/h2-10H,11-14H2,1H3/q+1. The van der Waals surface area contributed by atoms with E-state index in [0.29, 0.717) is 6.54 Å². The normalized spacial score (nSPS) is 21.2. The maximum absolute atomic E-state index is 12.4. The van der Waals surface area contributed by atoms with Gasteiger partial charge in [-0.15, -0.1) is 0 Å². The monoisotopic (exact) mass is 266 g/mol. The molecule has 0 fully saturated rings. The zero-order chi connectivity index (χ0) is 14.0. The summed E-state index contributed by atoms with van der Waals surface area (Å²) in [6, 6.07) is 18.2. The van der Waals surface area contributed by atoms with Gasteiger partial charge in [-0.25, -0.2) is 0 Å². The summed E-state index contributed by atoms with van der Waals surface area (Å²) in [5, 5.41) is 0. The lowest BCUT2D eigenvalue weighted by molar-refractivity contribution is -0.916. The van der Waals surface area contributed by atoms with E-state index >= 15 is 0 Å². The second-order valence-electron chi connectivity index (χ2n) is 5.97. The maximum atomic E-state index is 12.4. The Bertz CT molecular complexity index is 620. The average Bonchev–Trinajstić information content (AvgIpc) is 2.47. The van der Waals surface area contributed by atoms with E-state index in [1.165, 1.54) is 11.1 Å². The molecule has 0 spiro atoms. The van der Waals surface area contributed by atoms with Crippen LogP contribution in [0, 0.1) is 0 Å². The van der Waals surface area contributed by atoms with Gasteiger partial charge >= 0.3 is 0 Å². The minimum atomic E-state index is 0.243. The van der Waals surface area contributed by atoms with E-state index in [1.54, 1.807) is 0 Å². The summed E-state index contributed by atoms with van der Waals surface area (Å²) in [6.07, 6.45) is 1.06. The molecule has 0 saturated carbocycles. The van der Waals surface area contributed by atoms with Crippen LogP contribution in [0.1, 0.15) is 21.5 Å². The summed E-state index contributed by atoms with van der Waals surface area (Å²) in [5.74, 6) is 0.243. The molecule has 102 valence electrons. The number of carbonyl (C=O) groups is 1. The van der Waals surface area contributed by atoms with Crippen LogP contribution in [-0.4, -0.2) is 30.4 Å². The number of rotatable bonds is 3. The number of likely N-dealkylation sites (N-methyl/N-ethyl adjacent to an activating group) is 1. The van der Waals surface area contributed by atoms with Gasteiger partial charge in [0.15, 0.2) is 0 Å². The lowest BCUT2D eigenvalue weighted by Crippen LogP contribution is -2.50. The molecular formula is C18H20NO+.